The Morgan fingerprint density at radius 1 is 0.600 bits per heavy atom. The Morgan fingerprint density at radius 3 is 1.43 bits per heavy atom. The van der Waals surface area contributed by atoms with Crippen molar-refractivity contribution in [2.75, 3.05) is 7.11 Å². The third-order valence-electron chi connectivity index (χ3n) is 4.87. The average molecular weight is 591 g/mol. The van der Waals surface area contributed by atoms with Gasteiger partial charge in [-0.25, -0.2) is 0 Å². The Labute approximate surface area is 188 Å². The standard InChI is InChI=1S/C18H15P.C9H7O.Au/c1-4-10-16(11-5-1)19(17-12-6-2-7-13-17)18-14-8-3-9-15-18;1-3-8-4-6-9(10-2)7-5-8;/h1-15H;4-7H,2H3;/q;;-1/p+1. The summed E-state index contributed by atoms with van der Waals surface area (Å²) >= 11 is -0.307. The molecule has 0 bridgehead atoms. The molecule has 0 aliphatic carbocycles. The second-order valence-corrected chi connectivity index (χ2v) is 16.8. The molecule has 0 saturated carbocycles. The molecule has 4 rings (SSSR count). The molecule has 0 unspecified atom stereocenters. The van der Waals surface area contributed by atoms with E-state index in [1.54, 1.807) is 7.11 Å². The van der Waals surface area contributed by atoms with Crippen molar-refractivity contribution in [1.82, 2.24) is 0 Å². The van der Waals surface area contributed by atoms with Crippen molar-refractivity contribution in [2.45, 2.75) is 0 Å². The maximum absolute atomic E-state index is 5.27. The third-order valence-corrected chi connectivity index (χ3v) is 17.6. The molecule has 0 N–H and O–H groups in total. The Morgan fingerprint density at radius 2 is 1.03 bits per heavy atom. The molecule has 0 aliphatic rings. The minimum atomic E-state index is -2.20. The number of hydrogen-bond donors (Lipinski definition) is 0. The quantitative estimate of drug-likeness (QED) is 0.186. The van der Waals surface area contributed by atoms with Crippen LogP contribution in [0.2, 0.25) is 0 Å². The second-order valence-electron chi connectivity index (χ2n) is 6.70. The van der Waals surface area contributed by atoms with E-state index in [1.165, 1.54) is 15.9 Å². The van der Waals surface area contributed by atoms with Gasteiger partial charge in [0.2, 0.25) is 0 Å². The third kappa shape index (κ3) is 4.44. The number of methoxy groups -OCH3 is 1. The summed E-state index contributed by atoms with van der Waals surface area (Å²) in [4.78, 5) is 0. The van der Waals surface area contributed by atoms with Crippen LogP contribution in [0.5, 0.6) is 5.75 Å². The normalized spacial score (nSPS) is 11.4. The van der Waals surface area contributed by atoms with Crippen molar-refractivity contribution in [3.63, 3.8) is 0 Å². The van der Waals surface area contributed by atoms with E-state index in [9.17, 15) is 0 Å². The van der Waals surface area contributed by atoms with Gasteiger partial charge in [-0.3, -0.25) is 0 Å². The van der Waals surface area contributed by atoms with Gasteiger partial charge in [0.15, 0.2) is 0 Å². The summed E-state index contributed by atoms with van der Waals surface area (Å²) < 4.78 is 8.91. The Hall–Kier alpha value is -2.59. The van der Waals surface area contributed by atoms with Crippen LogP contribution in [-0.4, -0.2) is 7.11 Å². The van der Waals surface area contributed by atoms with Gasteiger partial charge in [-0.15, -0.1) is 0 Å². The van der Waals surface area contributed by atoms with Gasteiger partial charge in [-0.1, -0.05) is 0 Å². The molecule has 0 aliphatic heterocycles. The molecule has 30 heavy (non-hydrogen) atoms. The predicted molar refractivity (Wildman–Crippen MR) is 126 cm³/mol. The topological polar surface area (TPSA) is 9.23 Å². The summed E-state index contributed by atoms with van der Waals surface area (Å²) in [5.74, 6) is 4.29. The van der Waals surface area contributed by atoms with Crippen molar-refractivity contribution in [3.8, 4) is 15.8 Å². The van der Waals surface area contributed by atoms with E-state index in [-0.39, 0.29) is 19.2 Å². The fraction of sp³-hybridized carbons (Fsp3) is 0.0370. The van der Waals surface area contributed by atoms with Crippen LogP contribution in [0.1, 0.15) is 5.56 Å². The zero-order valence-electron chi connectivity index (χ0n) is 16.7. The van der Waals surface area contributed by atoms with E-state index in [0.29, 0.717) is 0 Å². The van der Waals surface area contributed by atoms with Crippen LogP contribution in [-0.2, 0) is 19.2 Å². The van der Waals surface area contributed by atoms with E-state index >= 15 is 0 Å². The zero-order valence-corrected chi connectivity index (χ0v) is 19.8. The summed E-state index contributed by atoms with van der Waals surface area (Å²) in [5, 5.41) is 2.08. The van der Waals surface area contributed by atoms with Gasteiger partial charge in [0, 0.05) is 0 Å². The fourth-order valence-electron chi connectivity index (χ4n) is 3.39. The van der Waals surface area contributed by atoms with Gasteiger partial charge in [0.25, 0.3) is 0 Å². The first-order chi connectivity index (χ1) is 14.8. The van der Waals surface area contributed by atoms with Gasteiger partial charge in [0.1, 0.15) is 0 Å². The van der Waals surface area contributed by atoms with E-state index in [0.717, 1.165) is 11.3 Å². The van der Waals surface area contributed by atoms with Crippen LogP contribution in [0.15, 0.2) is 115 Å². The van der Waals surface area contributed by atoms with Gasteiger partial charge >= 0.3 is 189 Å². The van der Waals surface area contributed by atoms with E-state index in [4.69, 9.17) is 4.74 Å². The van der Waals surface area contributed by atoms with E-state index < -0.39 is 5.15 Å². The molecule has 0 aromatic heterocycles. The Bertz CT molecular complexity index is 1030. The zero-order chi connectivity index (χ0) is 20.7. The molecular weight excluding hydrogens is 568 g/mol. The van der Waals surface area contributed by atoms with Crippen LogP contribution >= 0.6 is 5.15 Å². The number of benzene rings is 4. The van der Waals surface area contributed by atoms with Gasteiger partial charge in [-0.2, -0.15) is 0 Å². The van der Waals surface area contributed by atoms with Crippen molar-refractivity contribution in [1.29, 1.82) is 0 Å². The molecule has 0 fully saturated rings. The van der Waals surface area contributed by atoms with Crippen LogP contribution in [0.3, 0.4) is 0 Å². The average Bonchev–Trinajstić information content (AvgIpc) is 2.84. The molecule has 0 radical (unpaired) electrons. The molecule has 3 heteroatoms. The molecule has 4 aromatic carbocycles. The van der Waals surface area contributed by atoms with Crippen molar-refractivity contribution < 1.29 is 24.0 Å². The van der Waals surface area contributed by atoms with Crippen LogP contribution in [0.4, 0.5) is 0 Å². The monoisotopic (exact) mass is 591 g/mol. The van der Waals surface area contributed by atoms with Crippen LogP contribution in [0.25, 0.3) is 0 Å². The van der Waals surface area contributed by atoms with Gasteiger partial charge in [0.05, 0.1) is 0 Å². The summed E-state index contributed by atoms with van der Waals surface area (Å²) in [6.45, 7) is 0. The van der Waals surface area contributed by atoms with Crippen LogP contribution < -0.4 is 20.7 Å². The first kappa shape index (κ1) is 20.7. The number of rotatable bonds is 5. The SMILES string of the molecule is COc1ccc(C#[C][Au][PH](c2ccccc2)(c2ccccc2)c2ccccc2)cc1. The summed E-state index contributed by atoms with van der Waals surface area (Å²) in [6.07, 6.45) is 0. The predicted octanol–water partition coefficient (Wildman–Crippen LogP) is 4.73. The molecule has 153 valence electrons. The Balaban J connectivity index is 1.84. The molecule has 4 aromatic rings. The molecule has 0 atom stereocenters. The van der Waals surface area contributed by atoms with Crippen LogP contribution in [0, 0.1) is 10.1 Å². The van der Waals surface area contributed by atoms with Crippen molar-refractivity contribution in [3.05, 3.63) is 121 Å². The van der Waals surface area contributed by atoms with Crippen molar-refractivity contribution in [2.24, 2.45) is 0 Å². The molecule has 0 saturated heterocycles. The molecule has 0 spiro atoms. The Kier molecular flexibility index (Phi) is 6.85. The fourth-order valence-corrected chi connectivity index (χ4v) is 14.7. The first-order valence-corrected chi connectivity index (χ1v) is 15.9. The second kappa shape index (κ2) is 9.94. The summed E-state index contributed by atoms with van der Waals surface area (Å²) in [6, 6.07) is 41.0. The summed E-state index contributed by atoms with van der Waals surface area (Å²) in [7, 11) is 1.69. The van der Waals surface area contributed by atoms with E-state index in [2.05, 4.69) is 101 Å². The van der Waals surface area contributed by atoms with Crippen molar-refractivity contribution >= 4 is 21.1 Å². The maximum atomic E-state index is 5.27. The molecular formula is C27H23AuOP. The van der Waals surface area contributed by atoms with Gasteiger partial charge in [-0.05, 0) is 0 Å². The molecule has 1 nitrogen and oxygen atoms in total. The van der Waals surface area contributed by atoms with E-state index in [1.807, 2.05) is 24.3 Å². The minimum absolute atomic E-state index is 0.307. The number of ether oxygens (including phenoxy) is 1. The molecule has 0 heterocycles. The first-order valence-electron chi connectivity index (χ1n) is 9.72. The molecule has 0 amide bonds. The van der Waals surface area contributed by atoms with Gasteiger partial charge < -0.3 is 0 Å². The number of hydrogen-bond acceptors (Lipinski definition) is 1. The summed E-state index contributed by atoms with van der Waals surface area (Å²) in [5.41, 5.74) is 1.03.